The lowest BCUT2D eigenvalue weighted by Gasteiger charge is -2.26. The van der Waals surface area contributed by atoms with Gasteiger partial charge in [-0.1, -0.05) is 54.4 Å². The van der Waals surface area contributed by atoms with E-state index in [1.54, 1.807) is 31.3 Å². The smallest absolute Gasteiger partial charge is 0.313 e. The van der Waals surface area contributed by atoms with Gasteiger partial charge in [0.2, 0.25) is 0 Å². The van der Waals surface area contributed by atoms with Crippen molar-refractivity contribution in [1.82, 2.24) is 14.7 Å². The lowest BCUT2D eigenvalue weighted by atomic mass is 10.0. The van der Waals surface area contributed by atoms with Crippen molar-refractivity contribution >= 4 is 62.4 Å². The molecule has 8 nitrogen and oxygen atoms in total. The third-order valence-electron chi connectivity index (χ3n) is 6.17. The zero-order valence-corrected chi connectivity index (χ0v) is 24.1. The van der Waals surface area contributed by atoms with Crippen LogP contribution in [0.5, 0.6) is 5.75 Å². The number of nitrogens with one attached hydrogen (secondary N) is 1. The van der Waals surface area contributed by atoms with Crippen molar-refractivity contribution in [3.05, 3.63) is 91.8 Å². The number of pyridine rings is 1. The van der Waals surface area contributed by atoms with E-state index in [2.05, 4.69) is 26.2 Å². The van der Waals surface area contributed by atoms with E-state index in [0.717, 1.165) is 22.3 Å². The molecule has 0 aliphatic heterocycles. The van der Waals surface area contributed by atoms with Crippen molar-refractivity contribution < 1.29 is 14.3 Å². The van der Waals surface area contributed by atoms with Crippen LogP contribution in [0.1, 0.15) is 35.3 Å². The second-order valence-corrected chi connectivity index (χ2v) is 10.2. The second kappa shape index (κ2) is 11.6. The molecule has 38 heavy (non-hydrogen) atoms. The summed E-state index contributed by atoms with van der Waals surface area (Å²) in [7, 11) is 1.58. The Balaban J connectivity index is 1.63. The predicted octanol–water partition coefficient (Wildman–Crippen LogP) is 6.23. The molecule has 0 aliphatic rings. The molecule has 0 aliphatic carbocycles. The summed E-state index contributed by atoms with van der Waals surface area (Å²) in [5.74, 6) is 0.125. The van der Waals surface area contributed by atoms with Gasteiger partial charge in [-0.05, 0) is 64.7 Å². The maximum atomic E-state index is 13.6. The van der Waals surface area contributed by atoms with Crippen LogP contribution in [0.15, 0.2) is 59.3 Å². The van der Waals surface area contributed by atoms with Gasteiger partial charge in [-0.2, -0.15) is 0 Å². The number of anilines is 1. The molecule has 0 radical (unpaired) electrons. The van der Waals surface area contributed by atoms with Gasteiger partial charge in [0.1, 0.15) is 17.3 Å². The molecule has 3 amide bonds. The van der Waals surface area contributed by atoms with Gasteiger partial charge >= 0.3 is 6.03 Å². The summed E-state index contributed by atoms with van der Waals surface area (Å²) in [6.07, 6.45) is 2.65. The number of nitrogens with zero attached hydrogens (tertiary/aromatic N) is 3. The summed E-state index contributed by atoms with van der Waals surface area (Å²) >= 11 is 16.8. The largest absolute Gasteiger partial charge is 0.485 e. The Bertz CT molecular complexity index is 1520. The van der Waals surface area contributed by atoms with Crippen LogP contribution < -0.4 is 20.7 Å². The summed E-state index contributed by atoms with van der Waals surface area (Å²) in [6, 6.07) is 12.5. The van der Waals surface area contributed by atoms with E-state index < -0.39 is 18.0 Å². The van der Waals surface area contributed by atoms with Crippen LogP contribution in [0.2, 0.25) is 10.0 Å². The first-order chi connectivity index (χ1) is 18.1. The Labute approximate surface area is 238 Å². The Morgan fingerprint density at radius 1 is 1.21 bits per heavy atom. The topological polar surface area (TPSA) is 102 Å². The fourth-order valence-electron chi connectivity index (χ4n) is 4.10. The molecule has 0 saturated carbocycles. The first kappa shape index (κ1) is 27.8. The number of hydrogen-bond acceptors (Lipinski definition) is 4. The highest BCUT2D eigenvalue weighted by atomic mass is 79.9. The number of ether oxygens (including phenoxy) is 1. The number of urea groups is 1. The third-order valence-corrected chi connectivity index (χ3v) is 7.90. The molecule has 0 bridgehead atoms. The number of halogens is 3. The molecule has 1 atom stereocenters. The number of aromatic nitrogens is 2. The lowest BCUT2D eigenvalue weighted by molar-refractivity contribution is -0.120. The zero-order chi connectivity index (χ0) is 27.6. The Kier molecular flexibility index (Phi) is 8.50. The van der Waals surface area contributed by atoms with Crippen LogP contribution in [0.4, 0.5) is 10.5 Å². The van der Waals surface area contributed by atoms with Crippen molar-refractivity contribution in [1.29, 1.82) is 0 Å². The maximum absolute atomic E-state index is 13.6. The molecule has 198 valence electrons. The minimum atomic E-state index is -1.00. The van der Waals surface area contributed by atoms with E-state index in [4.69, 9.17) is 33.7 Å². The van der Waals surface area contributed by atoms with E-state index in [1.165, 1.54) is 4.90 Å². The van der Waals surface area contributed by atoms with E-state index in [9.17, 15) is 9.59 Å². The SMILES string of the molecule is CCc1cccc(C(NC(N)=O)C(=O)N(C)c2ccc(Cl)c(COc3cccn4c(Br)c(C)nc34)c2Cl)c1. The predicted molar refractivity (Wildman–Crippen MR) is 153 cm³/mol. The number of imidazole rings is 1. The Hall–Kier alpha value is -3.27. The third kappa shape index (κ3) is 5.60. The van der Waals surface area contributed by atoms with Gasteiger partial charge in [0.25, 0.3) is 5.91 Å². The number of amides is 3. The number of likely N-dealkylation sites (N-methyl/N-ethyl adjacent to an activating group) is 1. The van der Waals surface area contributed by atoms with Crippen molar-refractivity contribution in [2.24, 2.45) is 5.73 Å². The maximum Gasteiger partial charge on any atom is 0.313 e. The molecule has 11 heteroatoms. The number of aryl methyl sites for hydroxylation is 2. The summed E-state index contributed by atoms with van der Waals surface area (Å²) in [5, 5.41) is 3.19. The average molecular weight is 619 g/mol. The molecule has 0 fully saturated rings. The fourth-order valence-corrected chi connectivity index (χ4v) is 5.08. The van der Waals surface area contributed by atoms with Crippen LogP contribution >= 0.6 is 39.1 Å². The van der Waals surface area contributed by atoms with Crippen LogP contribution in [0, 0.1) is 6.92 Å². The summed E-state index contributed by atoms with van der Waals surface area (Å²) in [4.78, 5) is 31.3. The first-order valence-corrected chi connectivity index (χ1v) is 13.3. The molecule has 3 N–H and O–H groups in total. The number of fused-ring (bicyclic) bond motifs is 1. The van der Waals surface area contributed by atoms with Gasteiger partial charge in [-0.25, -0.2) is 9.78 Å². The Morgan fingerprint density at radius 2 is 1.97 bits per heavy atom. The fraction of sp³-hybridized carbons (Fsp3) is 0.222. The van der Waals surface area contributed by atoms with Crippen LogP contribution in [0.25, 0.3) is 5.65 Å². The average Bonchev–Trinajstić information content (AvgIpc) is 3.20. The quantitative estimate of drug-likeness (QED) is 0.244. The highest BCUT2D eigenvalue weighted by Crippen LogP contribution is 2.36. The minimum Gasteiger partial charge on any atom is -0.485 e. The molecular formula is C27H26BrCl2N5O3. The van der Waals surface area contributed by atoms with Gasteiger partial charge in [-0.3, -0.25) is 9.20 Å². The Morgan fingerprint density at radius 3 is 2.68 bits per heavy atom. The number of benzene rings is 2. The molecular weight excluding hydrogens is 593 g/mol. The zero-order valence-electron chi connectivity index (χ0n) is 21.0. The van der Waals surface area contributed by atoms with E-state index in [-0.39, 0.29) is 11.6 Å². The summed E-state index contributed by atoms with van der Waals surface area (Å²) < 4.78 is 8.78. The van der Waals surface area contributed by atoms with Crippen molar-refractivity contribution in [3.8, 4) is 5.75 Å². The highest BCUT2D eigenvalue weighted by molar-refractivity contribution is 9.10. The standard InChI is InChI=1S/C27H26BrCl2N5O3/c1-4-16-7-5-8-17(13-16)23(33-27(31)37)26(36)34(3)20-11-10-19(29)18(22(20)30)14-38-21-9-6-12-35-24(28)15(2)32-25(21)35/h5-13,23H,4,14H2,1-3H3,(H3,31,33,37). The van der Waals surface area contributed by atoms with Crippen LogP contribution in [-0.4, -0.2) is 28.4 Å². The minimum absolute atomic E-state index is 0.0399. The van der Waals surface area contributed by atoms with E-state index in [0.29, 0.717) is 33.2 Å². The molecule has 2 aromatic carbocycles. The number of nitrogens with two attached hydrogens (primary N) is 1. The van der Waals surface area contributed by atoms with Gasteiger partial charge < -0.3 is 20.7 Å². The van der Waals surface area contributed by atoms with Gasteiger partial charge in [0.05, 0.1) is 16.4 Å². The van der Waals surface area contributed by atoms with E-state index in [1.807, 2.05) is 48.7 Å². The molecule has 4 aromatic rings. The van der Waals surface area contributed by atoms with Crippen LogP contribution in [-0.2, 0) is 17.8 Å². The van der Waals surface area contributed by atoms with Gasteiger partial charge in [0.15, 0.2) is 11.4 Å². The number of hydrogen-bond donors (Lipinski definition) is 2. The molecule has 2 heterocycles. The lowest BCUT2D eigenvalue weighted by Crippen LogP contribution is -2.43. The molecule has 4 rings (SSSR count). The van der Waals surface area contributed by atoms with Crippen molar-refractivity contribution in [3.63, 3.8) is 0 Å². The second-order valence-electron chi connectivity index (χ2n) is 8.64. The van der Waals surface area contributed by atoms with Gasteiger partial charge in [-0.15, -0.1) is 0 Å². The van der Waals surface area contributed by atoms with Crippen LogP contribution in [0.3, 0.4) is 0 Å². The number of carbonyl (C=O) groups is 2. The number of primary amides is 1. The van der Waals surface area contributed by atoms with E-state index >= 15 is 0 Å². The number of rotatable bonds is 8. The van der Waals surface area contributed by atoms with Gasteiger partial charge in [0, 0.05) is 23.8 Å². The molecule has 1 unspecified atom stereocenters. The monoisotopic (exact) mass is 617 g/mol. The normalized spacial score (nSPS) is 11.8. The number of carbonyl (C=O) groups excluding carboxylic acids is 2. The van der Waals surface area contributed by atoms with Crippen molar-refractivity contribution in [2.75, 3.05) is 11.9 Å². The first-order valence-electron chi connectivity index (χ1n) is 11.8. The molecule has 0 saturated heterocycles. The molecule has 2 aromatic heterocycles. The highest BCUT2D eigenvalue weighted by Gasteiger charge is 2.28. The summed E-state index contributed by atoms with van der Waals surface area (Å²) in [6.45, 7) is 3.94. The van der Waals surface area contributed by atoms with Crippen molar-refractivity contribution in [2.45, 2.75) is 32.9 Å². The summed E-state index contributed by atoms with van der Waals surface area (Å²) in [5.41, 5.74) is 9.41. The molecule has 0 spiro atoms.